The Bertz CT molecular complexity index is 346. The van der Waals surface area contributed by atoms with Crippen LogP contribution in [0.2, 0.25) is 0 Å². The monoisotopic (exact) mass is 293 g/mol. The van der Waals surface area contributed by atoms with Crippen LogP contribution in [0.5, 0.6) is 0 Å². The molecule has 0 aromatic heterocycles. The molecule has 1 amide bonds. The third-order valence-corrected chi connectivity index (χ3v) is 5.62. The molecule has 1 atom stereocenters. The van der Waals surface area contributed by atoms with E-state index >= 15 is 0 Å². The van der Waals surface area contributed by atoms with Gasteiger partial charge in [-0.3, -0.25) is 14.6 Å². The maximum absolute atomic E-state index is 12.4. The van der Waals surface area contributed by atoms with Gasteiger partial charge in [-0.25, -0.2) is 0 Å². The molecular weight excluding hydrogens is 262 g/mol. The van der Waals surface area contributed by atoms with Crippen molar-refractivity contribution in [3.8, 4) is 0 Å². The SMILES string of the molecule is CC1CCCN(C(=O)CN2CCN(C3CCCC3)CC2)C1. The van der Waals surface area contributed by atoms with Gasteiger partial charge in [0.05, 0.1) is 6.54 Å². The highest BCUT2D eigenvalue weighted by Gasteiger charge is 2.28. The molecule has 2 saturated heterocycles. The molecule has 2 heterocycles. The topological polar surface area (TPSA) is 26.8 Å². The maximum atomic E-state index is 12.4. The van der Waals surface area contributed by atoms with Crippen LogP contribution in [-0.4, -0.2) is 72.5 Å². The predicted octanol–water partition coefficient (Wildman–Crippen LogP) is 1.81. The highest BCUT2D eigenvalue weighted by molar-refractivity contribution is 5.78. The lowest BCUT2D eigenvalue weighted by molar-refractivity contribution is -0.134. The molecule has 4 heteroatoms. The van der Waals surface area contributed by atoms with Crippen molar-refractivity contribution >= 4 is 5.91 Å². The van der Waals surface area contributed by atoms with Crippen LogP contribution in [0.25, 0.3) is 0 Å². The number of piperidine rings is 1. The van der Waals surface area contributed by atoms with Gasteiger partial charge in [0.15, 0.2) is 0 Å². The van der Waals surface area contributed by atoms with Crippen LogP contribution in [0.4, 0.5) is 0 Å². The van der Waals surface area contributed by atoms with E-state index < -0.39 is 0 Å². The zero-order valence-electron chi connectivity index (χ0n) is 13.6. The molecule has 3 aliphatic rings. The third-order valence-electron chi connectivity index (χ3n) is 5.62. The molecule has 0 aromatic carbocycles. The van der Waals surface area contributed by atoms with Crippen molar-refractivity contribution in [2.45, 2.75) is 51.5 Å². The number of nitrogens with zero attached hydrogens (tertiary/aromatic N) is 3. The summed E-state index contributed by atoms with van der Waals surface area (Å²) < 4.78 is 0. The van der Waals surface area contributed by atoms with Gasteiger partial charge >= 0.3 is 0 Å². The fraction of sp³-hybridized carbons (Fsp3) is 0.941. The zero-order valence-corrected chi connectivity index (χ0v) is 13.6. The van der Waals surface area contributed by atoms with E-state index in [2.05, 4.69) is 21.6 Å². The Hall–Kier alpha value is -0.610. The second kappa shape index (κ2) is 7.10. The first kappa shape index (κ1) is 15.3. The minimum absolute atomic E-state index is 0.357. The summed E-state index contributed by atoms with van der Waals surface area (Å²) in [6.07, 6.45) is 8.08. The fourth-order valence-electron chi connectivity index (χ4n) is 4.26. The van der Waals surface area contributed by atoms with E-state index in [-0.39, 0.29) is 0 Å². The summed E-state index contributed by atoms with van der Waals surface area (Å²) in [7, 11) is 0. The molecule has 0 N–H and O–H groups in total. The lowest BCUT2D eigenvalue weighted by Gasteiger charge is -2.39. The Balaban J connectivity index is 1.41. The van der Waals surface area contributed by atoms with E-state index in [1.54, 1.807) is 0 Å². The van der Waals surface area contributed by atoms with Crippen molar-refractivity contribution in [3.63, 3.8) is 0 Å². The Morgan fingerprint density at radius 3 is 2.33 bits per heavy atom. The van der Waals surface area contributed by atoms with Crippen LogP contribution in [-0.2, 0) is 4.79 Å². The Labute approximate surface area is 129 Å². The van der Waals surface area contributed by atoms with Gasteiger partial charge in [-0.2, -0.15) is 0 Å². The summed E-state index contributed by atoms with van der Waals surface area (Å²) in [5, 5.41) is 0. The molecule has 3 rings (SSSR count). The highest BCUT2D eigenvalue weighted by atomic mass is 16.2. The molecule has 1 aliphatic carbocycles. The molecule has 3 fully saturated rings. The Kier molecular flexibility index (Phi) is 5.17. The summed E-state index contributed by atoms with van der Waals surface area (Å²) >= 11 is 0. The van der Waals surface area contributed by atoms with Gasteiger partial charge in [0, 0.05) is 45.3 Å². The second-order valence-electron chi connectivity index (χ2n) is 7.34. The largest absolute Gasteiger partial charge is 0.341 e. The molecule has 0 spiro atoms. The van der Waals surface area contributed by atoms with Crippen molar-refractivity contribution in [2.75, 3.05) is 45.8 Å². The first-order valence-electron chi connectivity index (χ1n) is 8.96. The number of amides is 1. The molecule has 1 saturated carbocycles. The number of likely N-dealkylation sites (tertiary alicyclic amines) is 1. The van der Waals surface area contributed by atoms with Crippen LogP contribution in [0.1, 0.15) is 45.4 Å². The summed E-state index contributed by atoms with van der Waals surface area (Å²) in [5.74, 6) is 1.04. The van der Waals surface area contributed by atoms with Gasteiger partial charge in [0.25, 0.3) is 0 Å². The first-order valence-corrected chi connectivity index (χ1v) is 8.96. The number of rotatable bonds is 3. The average molecular weight is 293 g/mol. The van der Waals surface area contributed by atoms with Crippen LogP contribution < -0.4 is 0 Å². The van der Waals surface area contributed by atoms with Gasteiger partial charge in [-0.15, -0.1) is 0 Å². The van der Waals surface area contributed by atoms with Crippen molar-refractivity contribution in [1.82, 2.24) is 14.7 Å². The van der Waals surface area contributed by atoms with Crippen LogP contribution in [0.3, 0.4) is 0 Å². The molecule has 4 nitrogen and oxygen atoms in total. The zero-order chi connectivity index (χ0) is 14.7. The number of carbonyl (C=O) groups excluding carboxylic acids is 1. The van der Waals surface area contributed by atoms with E-state index in [1.807, 2.05) is 0 Å². The van der Waals surface area contributed by atoms with Crippen LogP contribution in [0.15, 0.2) is 0 Å². The molecule has 1 unspecified atom stereocenters. The number of hydrogen-bond acceptors (Lipinski definition) is 3. The van der Waals surface area contributed by atoms with E-state index in [1.165, 1.54) is 38.5 Å². The van der Waals surface area contributed by atoms with Crippen LogP contribution >= 0.6 is 0 Å². The molecule has 0 bridgehead atoms. The van der Waals surface area contributed by atoms with Crippen molar-refractivity contribution in [2.24, 2.45) is 5.92 Å². The van der Waals surface area contributed by atoms with E-state index in [9.17, 15) is 4.79 Å². The van der Waals surface area contributed by atoms with Gasteiger partial charge in [0.2, 0.25) is 5.91 Å². The van der Waals surface area contributed by atoms with E-state index in [0.29, 0.717) is 18.4 Å². The Morgan fingerprint density at radius 1 is 0.952 bits per heavy atom. The molecule has 21 heavy (non-hydrogen) atoms. The van der Waals surface area contributed by atoms with Gasteiger partial charge in [-0.1, -0.05) is 19.8 Å². The number of hydrogen-bond donors (Lipinski definition) is 0. The molecule has 0 aromatic rings. The van der Waals surface area contributed by atoms with Crippen molar-refractivity contribution < 1.29 is 4.79 Å². The predicted molar refractivity (Wildman–Crippen MR) is 85.2 cm³/mol. The van der Waals surface area contributed by atoms with E-state index in [0.717, 1.165) is 45.3 Å². The normalized spacial score (nSPS) is 30.0. The summed E-state index contributed by atoms with van der Waals surface area (Å²) in [6, 6.07) is 0.839. The quantitative estimate of drug-likeness (QED) is 0.794. The standard InChI is InChI=1S/C17H31N3O/c1-15-5-4-8-20(13-15)17(21)14-18-9-11-19(12-10-18)16-6-2-3-7-16/h15-16H,2-14H2,1H3. The number of piperazine rings is 1. The molecule has 0 radical (unpaired) electrons. The summed E-state index contributed by atoms with van der Waals surface area (Å²) in [5.41, 5.74) is 0. The van der Waals surface area contributed by atoms with Gasteiger partial charge in [-0.05, 0) is 31.6 Å². The molecular formula is C17H31N3O. The van der Waals surface area contributed by atoms with Crippen molar-refractivity contribution in [3.05, 3.63) is 0 Å². The fourth-order valence-corrected chi connectivity index (χ4v) is 4.26. The third kappa shape index (κ3) is 3.98. The Morgan fingerprint density at radius 2 is 1.67 bits per heavy atom. The van der Waals surface area contributed by atoms with Gasteiger partial charge < -0.3 is 4.90 Å². The minimum atomic E-state index is 0.357. The highest BCUT2D eigenvalue weighted by Crippen LogP contribution is 2.24. The lowest BCUT2D eigenvalue weighted by atomic mass is 10.0. The summed E-state index contributed by atoms with van der Waals surface area (Å²) in [4.78, 5) is 19.5. The maximum Gasteiger partial charge on any atom is 0.236 e. The number of carbonyl (C=O) groups is 1. The molecule has 2 aliphatic heterocycles. The molecule has 120 valence electrons. The average Bonchev–Trinajstić information content (AvgIpc) is 3.02. The second-order valence-corrected chi connectivity index (χ2v) is 7.34. The van der Waals surface area contributed by atoms with Gasteiger partial charge in [0.1, 0.15) is 0 Å². The minimum Gasteiger partial charge on any atom is -0.341 e. The first-order chi connectivity index (χ1) is 10.2. The summed E-state index contributed by atoms with van der Waals surface area (Å²) in [6.45, 7) is 9.33. The van der Waals surface area contributed by atoms with Crippen molar-refractivity contribution in [1.29, 1.82) is 0 Å². The smallest absolute Gasteiger partial charge is 0.236 e. The lowest BCUT2D eigenvalue weighted by Crippen LogP contribution is -2.53. The van der Waals surface area contributed by atoms with Crippen LogP contribution in [0, 0.1) is 5.92 Å². The van der Waals surface area contributed by atoms with E-state index in [4.69, 9.17) is 0 Å².